The maximum absolute atomic E-state index is 13.1. The maximum Gasteiger partial charge on any atom is 0.417 e. The van der Waals surface area contributed by atoms with Crippen molar-refractivity contribution in [3.8, 4) is 11.3 Å². The SMILES string of the molecule is CN1C(=O)C(=Cc2ccc(-c3ccccc3C(F)(F)F)o2)SC1=S. The number of hydrogen-bond acceptors (Lipinski definition) is 4. The van der Waals surface area contributed by atoms with Crippen molar-refractivity contribution in [1.29, 1.82) is 0 Å². The number of amides is 1. The van der Waals surface area contributed by atoms with E-state index in [0.29, 0.717) is 9.23 Å². The van der Waals surface area contributed by atoms with E-state index in [-0.39, 0.29) is 23.0 Å². The molecule has 2 aromatic rings. The summed E-state index contributed by atoms with van der Waals surface area (Å²) in [6.45, 7) is 0. The number of likely N-dealkylation sites (N-methyl/N-ethyl adjacent to an activating group) is 1. The molecule has 0 atom stereocenters. The molecule has 1 amide bonds. The summed E-state index contributed by atoms with van der Waals surface area (Å²) < 4.78 is 45.2. The van der Waals surface area contributed by atoms with Crippen molar-refractivity contribution >= 4 is 40.3 Å². The number of thiocarbonyl (C=S) groups is 1. The molecule has 0 saturated carbocycles. The molecule has 1 aliphatic rings. The van der Waals surface area contributed by atoms with Gasteiger partial charge in [0.2, 0.25) is 0 Å². The first-order valence-electron chi connectivity index (χ1n) is 6.75. The second-order valence-corrected chi connectivity index (χ2v) is 6.66. The Kier molecular flexibility index (Phi) is 4.27. The van der Waals surface area contributed by atoms with E-state index in [1.807, 2.05) is 0 Å². The van der Waals surface area contributed by atoms with E-state index in [1.54, 1.807) is 7.05 Å². The van der Waals surface area contributed by atoms with Crippen LogP contribution in [-0.2, 0) is 11.0 Å². The van der Waals surface area contributed by atoms with Gasteiger partial charge in [-0.3, -0.25) is 9.69 Å². The van der Waals surface area contributed by atoms with E-state index in [4.69, 9.17) is 16.6 Å². The molecular formula is C16H10F3NO2S2. The van der Waals surface area contributed by atoms with Crippen molar-refractivity contribution in [3.05, 3.63) is 52.6 Å². The average molecular weight is 369 g/mol. The Morgan fingerprint density at radius 1 is 1.21 bits per heavy atom. The van der Waals surface area contributed by atoms with Crippen LogP contribution >= 0.6 is 24.0 Å². The van der Waals surface area contributed by atoms with Gasteiger partial charge in [0.1, 0.15) is 15.8 Å². The van der Waals surface area contributed by atoms with Crippen LogP contribution in [0.4, 0.5) is 13.2 Å². The summed E-state index contributed by atoms with van der Waals surface area (Å²) >= 11 is 6.14. The number of hydrogen-bond donors (Lipinski definition) is 0. The van der Waals surface area contributed by atoms with Gasteiger partial charge in [0.15, 0.2) is 0 Å². The highest BCUT2D eigenvalue weighted by Gasteiger charge is 2.34. The summed E-state index contributed by atoms with van der Waals surface area (Å²) in [5.74, 6) is 0.107. The zero-order chi connectivity index (χ0) is 17.5. The van der Waals surface area contributed by atoms with Crippen molar-refractivity contribution in [1.82, 2.24) is 4.90 Å². The number of thioether (sulfide) groups is 1. The van der Waals surface area contributed by atoms with Crippen molar-refractivity contribution in [3.63, 3.8) is 0 Å². The molecule has 1 aromatic carbocycles. The molecule has 1 fully saturated rings. The lowest BCUT2D eigenvalue weighted by Crippen LogP contribution is -2.22. The Balaban J connectivity index is 1.96. The molecule has 3 nitrogen and oxygen atoms in total. The number of alkyl halides is 3. The molecule has 0 unspecified atom stereocenters. The van der Waals surface area contributed by atoms with E-state index in [2.05, 4.69) is 0 Å². The third-order valence-corrected chi connectivity index (χ3v) is 4.87. The Hall–Kier alpha value is -2.06. The lowest BCUT2D eigenvalue weighted by Gasteiger charge is -2.10. The van der Waals surface area contributed by atoms with Crippen LogP contribution < -0.4 is 0 Å². The minimum Gasteiger partial charge on any atom is -0.457 e. The minimum absolute atomic E-state index is 0.0484. The van der Waals surface area contributed by atoms with Crippen LogP contribution in [0.25, 0.3) is 17.4 Å². The summed E-state index contributed by atoms with van der Waals surface area (Å²) in [4.78, 5) is 13.6. The summed E-state index contributed by atoms with van der Waals surface area (Å²) in [5, 5.41) is 0. The Labute approximate surface area is 145 Å². The normalized spacial score (nSPS) is 17.2. The van der Waals surface area contributed by atoms with Crippen LogP contribution in [0.15, 0.2) is 45.7 Å². The predicted octanol–water partition coefficient (Wildman–Crippen LogP) is 4.80. The number of rotatable bonds is 2. The van der Waals surface area contributed by atoms with Crippen LogP contribution in [0.5, 0.6) is 0 Å². The Morgan fingerprint density at radius 2 is 1.92 bits per heavy atom. The first-order valence-corrected chi connectivity index (χ1v) is 7.98. The van der Waals surface area contributed by atoms with Gasteiger partial charge in [-0.25, -0.2) is 0 Å². The second-order valence-electron chi connectivity index (χ2n) is 4.99. The molecule has 8 heteroatoms. The topological polar surface area (TPSA) is 33.5 Å². The number of nitrogens with zero attached hydrogens (tertiary/aromatic N) is 1. The van der Waals surface area contributed by atoms with Crippen molar-refractivity contribution in [2.45, 2.75) is 6.18 Å². The molecule has 1 saturated heterocycles. The Bertz CT molecular complexity index is 855. The Morgan fingerprint density at radius 3 is 2.54 bits per heavy atom. The van der Waals surface area contributed by atoms with Gasteiger partial charge in [0.25, 0.3) is 5.91 Å². The molecule has 3 rings (SSSR count). The molecule has 24 heavy (non-hydrogen) atoms. The number of carbonyl (C=O) groups excluding carboxylic acids is 1. The quantitative estimate of drug-likeness (QED) is 0.563. The third kappa shape index (κ3) is 3.11. The zero-order valence-corrected chi connectivity index (χ0v) is 13.9. The van der Waals surface area contributed by atoms with Gasteiger partial charge >= 0.3 is 6.18 Å². The number of carbonyl (C=O) groups is 1. The monoisotopic (exact) mass is 369 g/mol. The van der Waals surface area contributed by atoms with Crippen molar-refractivity contribution in [2.24, 2.45) is 0 Å². The molecule has 1 aromatic heterocycles. The molecule has 0 radical (unpaired) electrons. The van der Waals surface area contributed by atoms with Crippen molar-refractivity contribution < 1.29 is 22.4 Å². The molecule has 2 heterocycles. The molecule has 0 N–H and O–H groups in total. The van der Waals surface area contributed by atoms with Crippen LogP contribution in [0, 0.1) is 0 Å². The lowest BCUT2D eigenvalue weighted by atomic mass is 10.1. The van der Waals surface area contributed by atoms with Crippen LogP contribution in [0.3, 0.4) is 0 Å². The summed E-state index contributed by atoms with van der Waals surface area (Å²) in [6, 6.07) is 8.14. The van der Waals surface area contributed by atoms with Gasteiger partial charge in [-0.05, 0) is 18.2 Å². The van der Waals surface area contributed by atoms with Crippen molar-refractivity contribution in [2.75, 3.05) is 7.05 Å². The third-order valence-electron chi connectivity index (χ3n) is 3.38. The highest BCUT2D eigenvalue weighted by Crippen LogP contribution is 2.38. The van der Waals surface area contributed by atoms with Gasteiger partial charge in [-0.1, -0.05) is 42.2 Å². The fraction of sp³-hybridized carbons (Fsp3) is 0.125. The van der Waals surface area contributed by atoms with Gasteiger partial charge in [0, 0.05) is 18.7 Å². The summed E-state index contributed by atoms with van der Waals surface area (Å²) in [7, 11) is 1.56. The highest BCUT2D eigenvalue weighted by molar-refractivity contribution is 8.26. The summed E-state index contributed by atoms with van der Waals surface area (Å²) in [6.07, 6.45) is -3.00. The van der Waals surface area contributed by atoms with E-state index in [9.17, 15) is 18.0 Å². The lowest BCUT2D eigenvalue weighted by molar-refractivity contribution is -0.137. The standard InChI is InChI=1S/C16H10F3NO2S2/c1-20-14(21)13(24-15(20)23)8-9-6-7-12(22-9)10-4-2-3-5-11(10)16(17,18)19/h2-8H,1H3. The van der Waals surface area contributed by atoms with E-state index < -0.39 is 11.7 Å². The predicted molar refractivity (Wildman–Crippen MR) is 90.1 cm³/mol. The highest BCUT2D eigenvalue weighted by atomic mass is 32.2. The molecule has 124 valence electrons. The molecular weight excluding hydrogens is 359 g/mol. The smallest absolute Gasteiger partial charge is 0.417 e. The van der Waals surface area contributed by atoms with Gasteiger partial charge < -0.3 is 4.42 Å². The molecule has 1 aliphatic heterocycles. The van der Waals surface area contributed by atoms with E-state index in [1.165, 1.54) is 41.3 Å². The average Bonchev–Trinajstić information content (AvgIpc) is 3.08. The molecule has 0 aliphatic carbocycles. The van der Waals surface area contributed by atoms with E-state index in [0.717, 1.165) is 17.8 Å². The fourth-order valence-corrected chi connectivity index (χ4v) is 3.35. The maximum atomic E-state index is 13.1. The van der Waals surface area contributed by atoms with Crippen LogP contribution in [-0.4, -0.2) is 22.2 Å². The minimum atomic E-state index is -4.48. The first kappa shape index (κ1) is 16.8. The number of halogens is 3. The number of furan rings is 1. The molecule has 0 bridgehead atoms. The van der Waals surface area contributed by atoms with Gasteiger partial charge in [0.05, 0.1) is 10.5 Å². The second kappa shape index (κ2) is 6.10. The largest absolute Gasteiger partial charge is 0.457 e. The van der Waals surface area contributed by atoms with E-state index >= 15 is 0 Å². The fourth-order valence-electron chi connectivity index (χ4n) is 2.20. The van der Waals surface area contributed by atoms with Crippen LogP contribution in [0.1, 0.15) is 11.3 Å². The first-order chi connectivity index (χ1) is 11.3. The summed E-state index contributed by atoms with van der Waals surface area (Å²) in [5.41, 5.74) is -0.821. The van der Waals surface area contributed by atoms with Gasteiger partial charge in [-0.2, -0.15) is 13.2 Å². The van der Waals surface area contributed by atoms with Crippen LogP contribution in [0.2, 0.25) is 0 Å². The zero-order valence-electron chi connectivity index (χ0n) is 12.3. The van der Waals surface area contributed by atoms with Gasteiger partial charge in [-0.15, -0.1) is 0 Å². The molecule has 0 spiro atoms. The number of benzene rings is 1.